The molecule has 2 aromatic carbocycles. The van der Waals surface area contributed by atoms with Gasteiger partial charge in [-0.2, -0.15) is 0 Å². The summed E-state index contributed by atoms with van der Waals surface area (Å²) in [4.78, 5) is 15.1. The van der Waals surface area contributed by atoms with Crippen molar-refractivity contribution in [3.8, 4) is 11.3 Å². The van der Waals surface area contributed by atoms with E-state index in [1.54, 1.807) is 0 Å². The van der Waals surface area contributed by atoms with Crippen LogP contribution in [0, 0.1) is 17.5 Å². The Morgan fingerprint density at radius 3 is 2.23 bits per heavy atom. The third-order valence-electron chi connectivity index (χ3n) is 7.13. The second-order valence-corrected chi connectivity index (χ2v) is 10.5. The number of amides is 1. The molecule has 7 atom stereocenters. The highest BCUT2D eigenvalue weighted by molar-refractivity contribution is 6.35. The number of hydrogen-bond acceptors (Lipinski definition) is 8. The van der Waals surface area contributed by atoms with Crippen LogP contribution in [0.4, 0.5) is 18.9 Å². The van der Waals surface area contributed by atoms with E-state index in [1.807, 2.05) is 0 Å². The van der Waals surface area contributed by atoms with E-state index < -0.39 is 72.6 Å². The average molecular weight is 603 g/mol. The van der Waals surface area contributed by atoms with Crippen molar-refractivity contribution in [2.75, 3.05) is 11.5 Å². The van der Waals surface area contributed by atoms with Gasteiger partial charge in [0.1, 0.15) is 30.0 Å². The summed E-state index contributed by atoms with van der Waals surface area (Å²) in [6, 6.07) is 3.63. The smallest absolute Gasteiger partial charge is 0.259 e. The number of aromatic nitrogens is 3. The minimum atomic E-state index is -1.78. The van der Waals surface area contributed by atoms with Gasteiger partial charge in [-0.3, -0.25) is 4.79 Å². The van der Waals surface area contributed by atoms with E-state index in [2.05, 4.69) is 10.3 Å². The molecule has 0 spiro atoms. The first-order valence-corrected chi connectivity index (χ1v) is 12.9. The van der Waals surface area contributed by atoms with Crippen molar-refractivity contribution in [3.63, 3.8) is 0 Å². The summed E-state index contributed by atoms with van der Waals surface area (Å²) in [5, 5.41) is 50.5. The van der Waals surface area contributed by atoms with Crippen molar-refractivity contribution >= 4 is 34.8 Å². The Kier molecular flexibility index (Phi) is 8.08. The fourth-order valence-corrected chi connectivity index (χ4v) is 5.45. The van der Waals surface area contributed by atoms with Crippen molar-refractivity contribution in [3.05, 3.63) is 64.0 Å². The van der Waals surface area contributed by atoms with Crippen LogP contribution < -0.4 is 4.90 Å². The van der Waals surface area contributed by atoms with E-state index in [1.165, 1.54) is 23.1 Å². The summed E-state index contributed by atoms with van der Waals surface area (Å²) in [6.45, 7) is -0.751. The molecule has 214 valence electrons. The number of halogens is 5. The van der Waals surface area contributed by atoms with Gasteiger partial charge in [0.2, 0.25) is 0 Å². The highest BCUT2D eigenvalue weighted by Gasteiger charge is 2.51. The molecule has 40 heavy (non-hydrogen) atoms. The number of ether oxygens (including phenoxy) is 1. The van der Waals surface area contributed by atoms with Gasteiger partial charge in [-0.15, -0.1) is 5.10 Å². The fourth-order valence-electron chi connectivity index (χ4n) is 4.94. The number of anilines is 1. The van der Waals surface area contributed by atoms with Crippen LogP contribution in [-0.4, -0.2) is 84.5 Å². The molecule has 5 rings (SSSR count). The molecular weight excluding hydrogens is 580 g/mol. The van der Waals surface area contributed by atoms with Crippen LogP contribution in [0.15, 0.2) is 36.5 Å². The van der Waals surface area contributed by atoms with Crippen LogP contribution >= 0.6 is 23.2 Å². The highest BCUT2D eigenvalue weighted by Crippen LogP contribution is 2.37. The molecule has 4 N–H and O–H groups in total. The molecular formula is C25H23Cl2F3N4O6. The first-order valence-electron chi connectivity index (χ1n) is 12.2. The summed E-state index contributed by atoms with van der Waals surface area (Å²) < 4.78 is 47.5. The van der Waals surface area contributed by atoms with Crippen LogP contribution in [0.1, 0.15) is 18.9 Å². The molecule has 0 bridgehead atoms. The zero-order valence-corrected chi connectivity index (χ0v) is 21.9. The molecule has 2 fully saturated rings. The lowest BCUT2D eigenvalue weighted by atomic mass is 9.85. The second-order valence-electron chi connectivity index (χ2n) is 9.64. The molecule has 2 heterocycles. The SMILES string of the molecule is O=C(C1OC(CO)C(O)C(n2cc(-c3cc(F)c(F)c(F)c3)nn2)C1O)N(c1cc(Cl)cc(Cl)c1)[C@H]1CC[C@@H]1O. The first-order chi connectivity index (χ1) is 19.0. The molecule has 15 heteroatoms. The molecule has 3 aromatic rings. The fraction of sp³-hybridized carbons (Fsp3) is 0.400. The van der Waals surface area contributed by atoms with Crippen molar-refractivity contribution in [2.24, 2.45) is 0 Å². The zero-order valence-electron chi connectivity index (χ0n) is 20.4. The van der Waals surface area contributed by atoms with Crippen molar-refractivity contribution in [1.82, 2.24) is 15.0 Å². The molecule has 1 amide bonds. The Labute approximate surface area is 235 Å². The van der Waals surface area contributed by atoms with E-state index in [9.17, 15) is 38.4 Å². The summed E-state index contributed by atoms with van der Waals surface area (Å²) in [5.41, 5.74) is -0.0680. The van der Waals surface area contributed by atoms with Crippen LogP contribution in [-0.2, 0) is 9.53 Å². The number of nitrogens with zero attached hydrogens (tertiary/aromatic N) is 4. The normalized spacial score (nSPS) is 28.3. The summed E-state index contributed by atoms with van der Waals surface area (Å²) in [6.07, 6.45) is -5.34. The van der Waals surface area contributed by atoms with Gasteiger partial charge in [-0.1, -0.05) is 28.4 Å². The molecule has 5 unspecified atom stereocenters. The van der Waals surface area contributed by atoms with Crippen LogP contribution in [0.3, 0.4) is 0 Å². The van der Waals surface area contributed by atoms with E-state index in [-0.39, 0.29) is 27.0 Å². The van der Waals surface area contributed by atoms with Gasteiger partial charge in [0.05, 0.1) is 24.9 Å². The first kappa shape index (κ1) is 28.7. The lowest BCUT2D eigenvalue weighted by Crippen LogP contribution is -2.63. The van der Waals surface area contributed by atoms with E-state index in [0.29, 0.717) is 25.0 Å². The zero-order chi connectivity index (χ0) is 28.9. The van der Waals surface area contributed by atoms with Gasteiger partial charge in [0.25, 0.3) is 5.91 Å². The maximum Gasteiger partial charge on any atom is 0.259 e. The quantitative estimate of drug-likeness (QED) is 0.315. The maximum atomic E-state index is 13.9. The lowest BCUT2D eigenvalue weighted by Gasteiger charge is -2.46. The number of benzene rings is 2. The molecule has 1 saturated heterocycles. The Hall–Kier alpha value is -2.78. The Balaban J connectivity index is 1.50. The number of carbonyl (C=O) groups excluding carboxylic acids is 1. The topological polar surface area (TPSA) is 141 Å². The van der Waals surface area contributed by atoms with Gasteiger partial charge in [-0.05, 0) is 43.2 Å². The number of hydrogen-bond donors (Lipinski definition) is 4. The largest absolute Gasteiger partial charge is 0.394 e. The summed E-state index contributed by atoms with van der Waals surface area (Å²) in [7, 11) is 0. The standard InChI is InChI=1S/C25H23Cl2F3N4O6/c26-11-5-12(27)7-13(6-11)34(17-1-2-18(17)36)25(39)24-23(38)21(22(37)19(9-35)40-24)33-8-16(31-32-33)10-3-14(28)20(30)15(29)4-10/h3-8,17-19,21-24,35-38H,1-2,9H2/t17-,18-,19?,21?,22?,23?,24?/m0/s1. The van der Waals surface area contributed by atoms with Gasteiger partial charge < -0.3 is 30.1 Å². The Bertz CT molecular complexity index is 1390. The van der Waals surface area contributed by atoms with E-state index in [0.717, 1.165) is 10.9 Å². The molecule has 1 aliphatic carbocycles. The number of rotatable bonds is 6. The van der Waals surface area contributed by atoms with Crippen molar-refractivity contribution in [1.29, 1.82) is 0 Å². The van der Waals surface area contributed by atoms with E-state index >= 15 is 0 Å². The molecule has 1 aromatic heterocycles. The van der Waals surface area contributed by atoms with Crippen LogP contribution in [0.5, 0.6) is 0 Å². The predicted octanol–water partition coefficient (Wildman–Crippen LogP) is 2.25. The third kappa shape index (κ3) is 5.18. The molecule has 1 saturated carbocycles. The third-order valence-corrected chi connectivity index (χ3v) is 7.56. The van der Waals surface area contributed by atoms with Crippen molar-refractivity contribution in [2.45, 2.75) is 55.4 Å². The summed E-state index contributed by atoms with van der Waals surface area (Å²) >= 11 is 12.3. The van der Waals surface area contributed by atoms with Gasteiger partial charge >= 0.3 is 0 Å². The lowest BCUT2D eigenvalue weighted by molar-refractivity contribution is -0.205. The van der Waals surface area contributed by atoms with Gasteiger partial charge in [-0.25, -0.2) is 17.9 Å². The minimum absolute atomic E-state index is 0.125. The number of carbonyl (C=O) groups is 1. The number of aliphatic hydroxyl groups excluding tert-OH is 4. The minimum Gasteiger partial charge on any atom is -0.394 e. The second kappa shape index (κ2) is 11.2. The van der Waals surface area contributed by atoms with Crippen molar-refractivity contribution < 1.29 is 43.1 Å². The van der Waals surface area contributed by atoms with Crippen LogP contribution in [0.2, 0.25) is 10.0 Å². The maximum absolute atomic E-state index is 13.9. The van der Waals surface area contributed by atoms with Gasteiger partial charge in [0, 0.05) is 21.3 Å². The molecule has 10 nitrogen and oxygen atoms in total. The predicted molar refractivity (Wildman–Crippen MR) is 135 cm³/mol. The molecule has 2 aliphatic rings. The monoisotopic (exact) mass is 602 g/mol. The van der Waals surface area contributed by atoms with Crippen LogP contribution in [0.25, 0.3) is 11.3 Å². The summed E-state index contributed by atoms with van der Waals surface area (Å²) in [5.74, 6) is -5.39. The highest BCUT2D eigenvalue weighted by atomic mass is 35.5. The molecule has 0 radical (unpaired) electrons. The Morgan fingerprint density at radius 1 is 1.02 bits per heavy atom. The molecule has 1 aliphatic heterocycles. The average Bonchev–Trinajstić information content (AvgIpc) is 3.38. The van der Waals surface area contributed by atoms with Gasteiger partial charge in [0.15, 0.2) is 23.6 Å². The van der Waals surface area contributed by atoms with E-state index in [4.69, 9.17) is 27.9 Å². The number of aliphatic hydroxyl groups is 4. The Morgan fingerprint density at radius 2 is 1.68 bits per heavy atom.